The molecular weight excluding hydrogens is 401 g/mol. The largest absolute Gasteiger partial charge is 0.456 e. The van der Waals surface area contributed by atoms with Gasteiger partial charge in [0.1, 0.15) is 11.2 Å². The lowest BCUT2D eigenvalue weighted by Gasteiger charge is -2.30. The number of likely N-dealkylation sites (tertiary alicyclic amines) is 1. The van der Waals surface area contributed by atoms with Crippen molar-refractivity contribution in [1.29, 1.82) is 0 Å². The summed E-state index contributed by atoms with van der Waals surface area (Å²) in [6.07, 6.45) is -4.87. The quantitative estimate of drug-likeness (QED) is 0.652. The number of anilines is 1. The monoisotopic (exact) mass is 420 g/mol. The summed E-state index contributed by atoms with van der Waals surface area (Å²) in [5.74, 6) is -0.529. The van der Waals surface area contributed by atoms with Gasteiger partial charge in [0.15, 0.2) is 6.61 Å². The molecule has 0 aliphatic carbocycles. The van der Waals surface area contributed by atoms with E-state index in [0.29, 0.717) is 18.5 Å². The van der Waals surface area contributed by atoms with Crippen LogP contribution in [0, 0.1) is 5.92 Å². The molecule has 0 unspecified atom stereocenters. The van der Waals surface area contributed by atoms with Gasteiger partial charge in [-0.3, -0.25) is 4.79 Å². The second-order valence-electron chi connectivity index (χ2n) is 7.23. The van der Waals surface area contributed by atoms with Crippen molar-refractivity contribution in [2.75, 3.05) is 25.0 Å². The van der Waals surface area contributed by atoms with Gasteiger partial charge >= 0.3 is 12.3 Å². The third-order valence-electron chi connectivity index (χ3n) is 5.13. The number of benzene rings is 2. The minimum atomic E-state index is -4.56. The van der Waals surface area contributed by atoms with Gasteiger partial charge in [0, 0.05) is 35.5 Å². The van der Waals surface area contributed by atoms with Crippen molar-refractivity contribution in [3.05, 3.63) is 42.5 Å². The highest BCUT2D eigenvalue weighted by Gasteiger charge is 2.33. The Labute approximate surface area is 169 Å². The smallest absolute Gasteiger partial charge is 0.422 e. The lowest BCUT2D eigenvalue weighted by atomic mass is 9.96. The molecule has 3 aromatic rings. The second kappa shape index (κ2) is 7.89. The van der Waals surface area contributed by atoms with Gasteiger partial charge in [-0.2, -0.15) is 13.2 Å². The number of rotatable bonds is 3. The first-order chi connectivity index (χ1) is 14.3. The molecule has 1 fully saturated rings. The van der Waals surface area contributed by atoms with Gasteiger partial charge in [0.25, 0.3) is 0 Å². The minimum Gasteiger partial charge on any atom is -0.456 e. The van der Waals surface area contributed by atoms with Gasteiger partial charge < -0.3 is 19.4 Å². The van der Waals surface area contributed by atoms with Gasteiger partial charge in [0.05, 0.1) is 0 Å². The molecule has 1 saturated heterocycles. The second-order valence-corrected chi connectivity index (χ2v) is 7.23. The average Bonchev–Trinajstić information content (AvgIpc) is 3.09. The summed E-state index contributed by atoms with van der Waals surface area (Å²) in [7, 11) is 0. The molecule has 2 amide bonds. The van der Waals surface area contributed by atoms with Gasteiger partial charge in [-0.1, -0.05) is 18.2 Å². The summed E-state index contributed by atoms with van der Waals surface area (Å²) in [6.45, 7) is -1.28. The number of nitrogens with one attached hydrogen (secondary N) is 1. The van der Waals surface area contributed by atoms with E-state index in [0.717, 1.165) is 21.9 Å². The number of piperidine rings is 1. The van der Waals surface area contributed by atoms with Crippen LogP contribution >= 0.6 is 0 Å². The van der Waals surface area contributed by atoms with Crippen molar-refractivity contribution >= 4 is 39.6 Å². The molecule has 4 rings (SSSR count). The normalized spacial score (nSPS) is 15.5. The van der Waals surface area contributed by atoms with Crippen molar-refractivity contribution in [3.63, 3.8) is 0 Å². The number of hydrogen-bond acceptors (Lipinski definition) is 4. The minimum absolute atomic E-state index is 0.167. The molecule has 1 N–H and O–H groups in total. The van der Waals surface area contributed by atoms with E-state index in [1.54, 1.807) is 12.1 Å². The molecule has 0 saturated carbocycles. The number of carbonyl (C=O) groups is 2. The van der Waals surface area contributed by atoms with E-state index >= 15 is 0 Å². The summed E-state index contributed by atoms with van der Waals surface area (Å²) in [5, 5.41) is 4.73. The summed E-state index contributed by atoms with van der Waals surface area (Å²) in [6, 6.07) is 13.0. The average molecular weight is 420 g/mol. The number of nitrogens with zero attached hydrogens (tertiary/aromatic N) is 1. The Hall–Kier alpha value is -3.23. The van der Waals surface area contributed by atoms with Crippen LogP contribution in [0.1, 0.15) is 12.8 Å². The fourth-order valence-corrected chi connectivity index (χ4v) is 3.61. The molecule has 1 aromatic heterocycles. The highest BCUT2D eigenvalue weighted by atomic mass is 19.4. The molecule has 158 valence electrons. The number of para-hydroxylation sites is 1. The summed E-state index contributed by atoms with van der Waals surface area (Å²) < 4.78 is 46.5. The fourth-order valence-electron chi connectivity index (χ4n) is 3.61. The fraction of sp³-hybridized carbons (Fsp3) is 0.333. The highest BCUT2D eigenvalue weighted by molar-refractivity contribution is 6.07. The van der Waals surface area contributed by atoms with E-state index in [-0.39, 0.29) is 24.9 Å². The predicted molar refractivity (Wildman–Crippen MR) is 104 cm³/mol. The molecule has 0 bridgehead atoms. The van der Waals surface area contributed by atoms with E-state index < -0.39 is 18.9 Å². The molecular formula is C21H19F3N2O4. The van der Waals surface area contributed by atoms with Crippen molar-refractivity contribution < 1.29 is 31.9 Å². The first kappa shape index (κ1) is 20.1. The molecule has 30 heavy (non-hydrogen) atoms. The van der Waals surface area contributed by atoms with Crippen molar-refractivity contribution in [1.82, 2.24) is 4.90 Å². The Bertz CT molecular complexity index is 1080. The number of fused-ring (bicyclic) bond motifs is 3. The molecule has 9 heteroatoms. The molecule has 1 aliphatic rings. The summed E-state index contributed by atoms with van der Waals surface area (Å²) >= 11 is 0. The van der Waals surface area contributed by atoms with E-state index in [1.165, 1.54) is 4.90 Å². The SMILES string of the molecule is O=C(Nc1ccc2oc3ccccc3c2c1)C1CCN(C(=O)OCC(F)(F)F)CC1. The lowest BCUT2D eigenvalue weighted by Crippen LogP contribution is -2.42. The molecule has 6 nitrogen and oxygen atoms in total. The zero-order chi connectivity index (χ0) is 21.3. The van der Waals surface area contributed by atoms with Gasteiger partial charge in [-0.05, 0) is 37.1 Å². The number of carbonyl (C=O) groups excluding carboxylic acids is 2. The maximum absolute atomic E-state index is 12.6. The maximum atomic E-state index is 12.6. The Morgan fingerprint density at radius 2 is 1.77 bits per heavy atom. The first-order valence-electron chi connectivity index (χ1n) is 9.51. The molecule has 0 radical (unpaired) electrons. The molecule has 0 atom stereocenters. The van der Waals surface area contributed by atoms with Crippen LogP contribution in [0.15, 0.2) is 46.9 Å². The molecule has 2 heterocycles. The number of furan rings is 1. The molecule has 0 spiro atoms. The van der Waals surface area contributed by atoms with Crippen LogP contribution in [0.2, 0.25) is 0 Å². The standard InChI is InChI=1S/C21H19F3N2O4/c22-21(23,24)12-29-20(28)26-9-7-13(8-10-26)19(27)25-14-5-6-18-16(11-14)15-3-1-2-4-17(15)30-18/h1-6,11,13H,7-10,12H2,(H,25,27). The first-order valence-corrected chi connectivity index (χ1v) is 9.51. The van der Waals surface area contributed by atoms with E-state index in [9.17, 15) is 22.8 Å². The number of hydrogen-bond donors (Lipinski definition) is 1. The topological polar surface area (TPSA) is 71.8 Å². The van der Waals surface area contributed by atoms with E-state index in [2.05, 4.69) is 10.1 Å². The van der Waals surface area contributed by atoms with Crippen LogP contribution < -0.4 is 5.32 Å². The van der Waals surface area contributed by atoms with Crippen LogP contribution in [0.5, 0.6) is 0 Å². The van der Waals surface area contributed by atoms with Gasteiger partial charge in [-0.25, -0.2) is 4.79 Å². The zero-order valence-electron chi connectivity index (χ0n) is 15.9. The third kappa shape index (κ3) is 4.34. The Morgan fingerprint density at radius 1 is 1.07 bits per heavy atom. The Morgan fingerprint density at radius 3 is 2.50 bits per heavy atom. The Kier molecular flexibility index (Phi) is 5.27. The van der Waals surface area contributed by atoms with Gasteiger partial charge in [0.2, 0.25) is 5.91 Å². The van der Waals surface area contributed by atoms with Crippen molar-refractivity contribution in [3.8, 4) is 0 Å². The van der Waals surface area contributed by atoms with Crippen LogP contribution in [0.25, 0.3) is 21.9 Å². The van der Waals surface area contributed by atoms with Crippen molar-refractivity contribution in [2.45, 2.75) is 19.0 Å². The Balaban J connectivity index is 1.36. The molecule has 2 aromatic carbocycles. The van der Waals surface area contributed by atoms with Crippen LogP contribution in [-0.2, 0) is 9.53 Å². The van der Waals surface area contributed by atoms with E-state index in [1.807, 2.05) is 30.3 Å². The number of ether oxygens (including phenoxy) is 1. The van der Waals surface area contributed by atoms with Crippen LogP contribution in [-0.4, -0.2) is 42.8 Å². The zero-order valence-corrected chi connectivity index (χ0v) is 15.9. The van der Waals surface area contributed by atoms with E-state index in [4.69, 9.17) is 4.42 Å². The van der Waals surface area contributed by atoms with Crippen LogP contribution in [0.4, 0.5) is 23.7 Å². The lowest BCUT2D eigenvalue weighted by molar-refractivity contribution is -0.162. The maximum Gasteiger partial charge on any atom is 0.422 e. The van der Waals surface area contributed by atoms with Gasteiger partial charge in [-0.15, -0.1) is 0 Å². The highest BCUT2D eigenvalue weighted by Crippen LogP contribution is 2.31. The summed E-state index contributed by atoms with van der Waals surface area (Å²) in [5.41, 5.74) is 2.12. The van der Waals surface area contributed by atoms with Crippen LogP contribution in [0.3, 0.4) is 0 Å². The summed E-state index contributed by atoms with van der Waals surface area (Å²) in [4.78, 5) is 25.5. The predicted octanol–water partition coefficient (Wildman–Crippen LogP) is 4.94. The third-order valence-corrected chi connectivity index (χ3v) is 5.13. The number of amides is 2. The molecule has 1 aliphatic heterocycles. The van der Waals surface area contributed by atoms with Crippen molar-refractivity contribution in [2.24, 2.45) is 5.92 Å². The number of alkyl halides is 3. The number of halogens is 3.